The van der Waals surface area contributed by atoms with Crippen molar-refractivity contribution in [1.29, 1.82) is 0 Å². The van der Waals surface area contributed by atoms with Gasteiger partial charge in [0.05, 0.1) is 11.4 Å². The van der Waals surface area contributed by atoms with E-state index in [9.17, 15) is 0 Å². The first-order chi connectivity index (χ1) is 28.3. The monoisotopic (exact) mass is 767 g/mol. The van der Waals surface area contributed by atoms with Gasteiger partial charge in [-0.05, 0) is 115 Å². The summed E-state index contributed by atoms with van der Waals surface area (Å²) in [5, 5.41) is 0. The molecular weight excluding hydrogens is 711 g/mol. The molecule has 3 aliphatic rings. The van der Waals surface area contributed by atoms with E-state index in [1.807, 2.05) is 0 Å². The topological polar surface area (TPSA) is 3.24 Å². The van der Waals surface area contributed by atoms with Crippen LogP contribution in [0.1, 0.15) is 114 Å². The van der Waals surface area contributed by atoms with E-state index in [2.05, 4.69) is 212 Å². The second-order valence-corrected chi connectivity index (χ2v) is 20.1. The zero-order chi connectivity index (χ0) is 40.9. The Hall–Kier alpha value is -5.66. The van der Waals surface area contributed by atoms with Crippen LogP contribution in [0, 0.1) is 0 Å². The molecule has 0 saturated heterocycles. The van der Waals surface area contributed by atoms with Crippen LogP contribution in [0.4, 0.5) is 17.1 Å². The van der Waals surface area contributed by atoms with Gasteiger partial charge in [0, 0.05) is 27.6 Å². The molecule has 0 aromatic heterocycles. The highest BCUT2D eigenvalue weighted by atomic mass is 15.1. The summed E-state index contributed by atoms with van der Waals surface area (Å²) < 4.78 is 0. The van der Waals surface area contributed by atoms with E-state index in [4.69, 9.17) is 0 Å². The molecule has 294 valence electrons. The summed E-state index contributed by atoms with van der Waals surface area (Å²) in [6.07, 6.45) is 4.94. The average Bonchev–Trinajstić information content (AvgIpc) is 3.90. The van der Waals surface area contributed by atoms with Crippen LogP contribution in [-0.4, -0.2) is 0 Å². The lowest BCUT2D eigenvalue weighted by Crippen LogP contribution is -2.21. The van der Waals surface area contributed by atoms with Gasteiger partial charge in [-0.1, -0.05) is 196 Å². The summed E-state index contributed by atoms with van der Waals surface area (Å²) in [4.78, 5) is 2.60. The van der Waals surface area contributed by atoms with Crippen molar-refractivity contribution in [2.45, 2.75) is 103 Å². The van der Waals surface area contributed by atoms with Crippen molar-refractivity contribution in [1.82, 2.24) is 0 Å². The van der Waals surface area contributed by atoms with Crippen LogP contribution < -0.4 is 4.90 Å². The summed E-state index contributed by atoms with van der Waals surface area (Å²) >= 11 is 0. The molecule has 0 unspecified atom stereocenters. The summed E-state index contributed by atoms with van der Waals surface area (Å²) in [6, 6.07) is 58.3. The number of fused-ring (bicyclic) bond motifs is 8. The van der Waals surface area contributed by atoms with E-state index < -0.39 is 0 Å². The van der Waals surface area contributed by atoms with Gasteiger partial charge in [-0.2, -0.15) is 0 Å². The molecule has 0 bridgehead atoms. The minimum absolute atomic E-state index is 0.000100. The third-order valence-corrected chi connectivity index (χ3v) is 14.1. The second-order valence-electron chi connectivity index (χ2n) is 20.1. The van der Waals surface area contributed by atoms with Gasteiger partial charge in [-0.25, -0.2) is 0 Å². The Morgan fingerprint density at radius 2 is 0.898 bits per heavy atom. The van der Waals surface area contributed by atoms with Crippen molar-refractivity contribution in [2.24, 2.45) is 0 Å². The molecule has 7 aromatic carbocycles. The highest BCUT2D eigenvalue weighted by molar-refractivity contribution is 5.98. The predicted octanol–water partition coefficient (Wildman–Crippen LogP) is 16.2. The van der Waals surface area contributed by atoms with Crippen LogP contribution in [0.25, 0.3) is 44.5 Å². The van der Waals surface area contributed by atoms with E-state index in [1.165, 1.54) is 121 Å². The first-order valence-electron chi connectivity index (χ1n) is 21.9. The highest BCUT2D eigenvalue weighted by Crippen LogP contribution is 2.59. The Kier molecular flexibility index (Phi) is 8.56. The Morgan fingerprint density at radius 1 is 0.424 bits per heavy atom. The van der Waals surface area contributed by atoms with E-state index in [-0.39, 0.29) is 21.7 Å². The highest BCUT2D eigenvalue weighted by Gasteiger charge is 2.45. The lowest BCUT2D eigenvalue weighted by atomic mass is 9.76. The normalized spacial score (nSPS) is 15.8. The van der Waals surface area contributed by atoms with Crippen LogP contribution in [0.15, 0.2) is 152 Å². The maximum Gasteiger partial charge on any atom is 0.0540 e. The summed E-state index contributed by atoms with van der Waals surface area (Å²) in [7, 11) is 0. The first-order valence-corrected chi connectivity index (χ1v) is 21.9. The third-order valence-electron chi connectivity index (χ3n) is 14.1. The molecule has 0 heterocycles. The molecule has 1 nitrogen and oxygen atoms in total. The van der Waals surface area contributed by atoms with Gasteiger partial charge < -0.3 is 4.90 Å². The van der Waals surface area contributed by atoms with E-state index >= 15 is 0 Å². The minimum Gasteiger partial charge on any atom is -0.309 e. The number of nitrogens with zero attached hydrogens (tertiary/aromatic N) is 1. The fourth-order valence-electron chi connectivity index (χ4n) is 11.0. The van der Waals surface area contributed by atoms with Crippen molar-refractivity contribution < 1.29 is 0 Å². The molecule has 1 fully saturated rings. The fraction of sp³-hybridized carbons (Fsp3) is 0.276. The number of rotatable bonds is 5. The zero-order valence-corrected chi connectivity index (χ0v) is 36.2. The molecule has 3 aliphatic carbocycles. The maximum absolute atomic E-state index is 2.60. The number of para-hydroxylation sites is 2. The Labute approximate surface area is 352 Å². The first kappa shape index (κ1) is 37.6. The van der Waals surface area contributed by atoms with Gasteiger partial charge in [0.15, 0.2) is 0 Å². The molecule has 10 rings (SSSR count). The van der Waals surface area contributed by atoms with E-state index in [0.29, 0.717) is 0 Å². The minimum atomic E-state index is -0.149. The van der Waals surface area contributed by atoms with Crippen LogP contribution in [0.3, 0.4) is 0 Å². The molecule has 59 heavy (non-hydrogen) atoms. The van der Waals surface area contributed by atoms with Crippen molar-refractivity contribution in [3.05, 3.63) is 185 Å². The molecule has 1 spiro atoms. The number of benzene rings is 7. The molecule has 0 N–H and O–H groups in total. The molecular formula is C58H57N. The van der Waals surface area contributed by atoms with Crippen LogP contribution in [-0.2, 0) is 21.7 Å². The Morgan fingerprint density at radius 3 is 1.53 bits per heavy atom. The van der Waals surface area contributed by atoms with Crippen LogP contribution >= 0.6 is 0 Å². The van der Waals surface area contributed by atoms with Crippen molar-refractivity contribution >= 4 is 17.1 Å². The predicted molar refractivity (Wildman–Crippen MR) is 252 cm³/mol. The number of anilines is 3. The Balaban J connectivity index is 1.25. The van der Waals surface area contributed by atoms with E-state index in [0.717, 1.165) is 0 Å². The lowest BCUT2D eigenvalue weighted by Gasteiger charge is -2.33. The zero-order valence-electron chi connectivity index (χ0n) is 36.2. The smallest absolute Gasteiger partial charge is 0.0540 e. The molecule has 0 amide bonds. The molecule has 0 atom stereocenters. The molecule has 1 saturated carbocycles. The van der Waals surface area contributed by atoms with Crippen molar-refractivity contribution in [2.75, 3.05) is 4.90 Å². The Bertz CT molecular complexity index is 2740. The van der Waals surface area contributed by atoms with E-state index in [1.54, 1.807) is 0 Å². The number of hydrogen-bond acceptors (Lipinski definition) is 1. The summed E-state index contributed by atoms with van der Waals surface area (Å²) in [6.45, 7) is 18.9. The molecule has 1 heteroatoms. The van der Waals surface area contributed by atoms with Crippen LogP contribution in [0.2, 0.25) is 0 Å². The second kappa shape index (κ2) is 13.4. The van der Waals surface area contributed by atoms with Crippen molar-refractivity contribution in [3.63, 3.8) is 0 Å². The average molecular weight is 768 g/mol. The molecule has 0 radical (unpaired) electrons. The van der Waals surface area contributed by atoms with Gasteiger partial charge in [-0.3, -0.25) is 0 Å². The van der Waals surface area contributed by atoms with Gasteiger partial charge in [-0.15, -0.1) is 0 Å². The largest absolute Gasteiger partial charge is 0.309 e. The third kappa shape index (κ3) is 5.87. The van der Waals surface area contributed by atoms with Gasteiger partial charge in [0.25, 0.3) is 0 Å². The SMILES string of the molecule is CC(C)(C)c1cc(-c2ccccc2N(c2ccc3c(c2)C2(CCCC2)c2ccccc2-3)c2ccccc2-c2cccc3c2C(C)(C)c2ccccc2-3)cc(C(C)(C)C)c1. The summed E-state index contributed by atoms with van der Waals surface area (Å²) in [5.41, 5.74) is 22.6. The number of hydrogen-bond donors (Lipinski definition) is 0. The summed E-state index contributed by atoms with van der Waals surface area (Å²) in [5.74, 6) is 0. The van der Waals surface area contributed by atoms with Crippen molar-refractivity contribution in [3.8, 4) is 44.5 Å². The maximum atomic E-state index is 2.60. The molecule has 0 aliphatic heterocycles. The quantitative estimate of drug-likeness (QED) is 0.169. The van der Waals surface area contributed by atoms with Gasteiger partial charge >= 0.3 is 0 Å². The standard InChI is InChI=1S/C58H57N/c1-55(2,3)39-34-38(35-40(36-39)56(4,5)6)42-20-11-15-28-52(42)59(41-30-31-45-43-21-10-14-27-50(43)58(51(45)37-41)32-17-18-33-58)53-29-16-12-23-46(53)48-25-19-24-47-44-22-9-13-26-49(44)57(7,8)54(47)48/h9-16,19-31,34-37H,17-18,32-33H2,1-8H3. The van der Waals surface area contributed by atoms with Gasteiger partial charge in [0.2, 0.25) is 0 Å². The van der Waals surface area contributed by atoms with Gasteiger partial charge in [0.1, 0.15) is 0 Å². The van der Waals surface area contributed by atoms with Crippen LogP contribution in [0.5, 0.6) is 0 Å². The lowest BCUT2D eigenvalue weighted by molar-refractivity contribution is 0.550. The fourth-order valence-corrected chi connectivity index (χ4v) is 11.0. The molecule has 7 aromatic rings.